The van der Waals surface area contributed by atoms with Gasteiger partial charge in [-0.25, -0.2) is 9.97 Å². The van der Waals surface area contributed by atoms with Crippen molar-refractivity contribution in [2.45, 2.75) is 45.4 Å². The van der Waals surface area contributed by atoms with Crippen LogP contribution in [-0.2, 0) is 0 Å². The molecule has 2 fully saturated rings. The van der Waals surface area contributed by atoms with Crippen LogP contribution in [-0.4, -0.2) is 29.6 Å². The SMILES string of the molecule is CCNc1ncnc(N2CCC3(CCCC3)CC2)c1Br. The largest absolute Gasteiger partial charge is 0.369 e. The summed E-state index contributed by atoms with van der Waals surface area (Å²) in [5, 5.41) is 3.28. The van der Waals surface area contributed by atoms with E-state index in [2.05, 4.69) is 43.0 Å². The van der Waals surface area contributed by atoms with Crippen molar-refractivity contribution in [3.05, 3.63) is 10.8 Å². The Morgan fingerprint density at radius 3 is 2.55 bits per heavy atom. The molecule has 0 radical (unpaired) electrons. The first-order valence-corrected chi connectivity index (χ1v) is 8.53. The van der Waals surface area contributed by atoms with Crippen molar-refractivity contribution in [3.63, 3.8) is 0 Å². The molecule has 0 bridgehead atoms. The molecular formula is C15H23BrN4. The van der Waals surface area contributed by atoms with Gasteiger partial charge in [0.2, 0.25) is 0 Å². The number of aromatic nitrogens is 2. The van der Waals surface area contributed by atoms with E-state index in [0.29, 0.717) is 5.41 Å². The molecule has 1 aromatic rings. The maximum absolute atomic E-state index is 4.49. The molecule has 2 heterocycles. The van der Waals surface area contributed by atoms with Crippen LogP contribution in [0.3, 0.4) is 0 Å². The summed E-state index contributed by atoms with van der Waals surface area (Å²) in [4.78, 5) is 11.2. The molecule has 1 spiro atoms. The number of nitrogens with zero attached hydrogens (tertiary/aromatic N) is 3. The third-order valence-electron chi connectivity index (χ3n) is 4.90. The van der Waals surface area contributed by atoms with Gasteiger partial charge in [-0.05, 0) is 54.0 Å². The van der Waals surface area contributed by atoms with E-state index >= 15 is 0 Å². The summed E-state index contributed by atoms with van der Waals surface area (Å²) in [5.41, 5.74) is 0.653. The van der Waals surface area contributed by atoms with E-state index in [1.54, 1.807) is 6.33 Å². The first kappa shape index (κ1) is 14.1. The van der Waals surface area contributed by atoms with E-state index in [4.69, 9.17) is 0 Å². The normalized spacial score (nSPS) is 21.4. The number of hydrogen-bond donors (Lipinski definition) is 1. The molecule has 0 amide bonds. The lowest BCUT2D eigenvalue weighted by Crippen LogP contribution is -2.39. The van der Waals surface area contributed by atoms with Gasteiger partial charge in [0.25, 0.3) is 0 Å². The second-order valence-electron chi connectivity index (χ2n) is 6.08. The summed E-state index contributed by atoms with van der Waals surface area (Å²) in [6.45, 7) is 5.21. The van der Waals surface area contributed by atoms with Crippen LogP contribution < -0.4 is 10.2 Å². The van der Waals surface area contributed by atoms with E-state index < -0.39 is 0 Å². The highest BCUT2D eigenvalue weighted by molar-refractivity contribution is 9.10. The number of rotatable bonds is 3. The standard InChI is InChI=1S/C15H23BrN4/c1-2-17-13-12(16)14(19-11-18-13)20-9-7-15(8-10-20)5-3-4-6-15/h11H,2-10H2,1H3,(H,17,18,19). The number of hydrogen-bond acceptors (Lipinski definition) is 4. The third-order valence-corrected chi connectivity index (χ3v) is 5.63. The van der Waals surface area contributed by atoms with Crippen LogP contribution in [0.1, 0.15) is 45.4 Å². The van der Waals surface area contributed by atoms with Crippen LogP contribution >= 0.6 is 15.9 Å². The van der Waals surface area contributed by atoms with Gasteiger partial charge in [0, 0.05) is 19.6 Å². The molecule has 1 N–H and O–H groups in total. The quantitative estimate of drug-likeness (QED) is 0.909. The Morgan fingerprint density at radius 1 is 1.20 bits per heavy atom. The molecule has 0 atom stereocenters. The van der Waals surface area contributed by atoms with Gasteiger partial charge in [0.15, 0.2) is 0 Å². The Morgan fingerprint density at radius 2 is 1.90 bits per heavy atom. The molecule has 0 aromatic carbocycles. The second-order valence-corrected chi connectivity index (χ2v) is 6.88. The Hall–Kier alpha value is -0.840. The van der Waals surface area contributed by atoms with Crippen LogP contribution in [0.15, 0.2) is 10.8 Å². The van der Waals surface area contributed by atoms with Crippen LogP contribution in [0.2, 0.25) is 0 Å². The first-order chi connectivity index (χ1) is 9.74. The fourth-order valence-corrected chi connectivity index (χ4v) is 4.29. The van der Waals surface area contributed by atoms with Gasteiger partial charge in [-0.3, -0.25) is 0 Å². The van der Waals surface area contributed by atoms with Crippen LogP contribution in [0.4, 0.5) is 11.6 Å². The van der Waals surface area contributed by atoms with E-state index in [9.17, 15) is 0 Å². The highest BCUT2D eigenvalue weighted by atomic mass is 79.9. The highest BCUT2D eigenvalue weighted by Crippen LogP contribution is 2.47. The smallest absolute Gasteiger partial charge is 0.148 e. The van der Waals surface area contributed by atoms with Crippen LogP contribution in [0.25, 0.3) is 0 Å². The van der Waals surface area contributed by atoms with E-state index in [-0.39, 0.29) is 0 Å². The predicted octanol–water partition coefficient (Wildman–Crippen LogP) is 3.83. The zero-order valence-electron chi connectivity index (χ0n) is 12.2. The Balaban J connectivity index is 1.73. The van der Waals surface area contributed by atoms with Crippen LogP contribution in [0.5, 0.6) is 0 Å². The average molecular weight is 339 g/mol. The summed E-state index contributed by atoms with van der Waals surface area (Å²) in [5.74, 6) is 1.95. The minimum atomic E-state index is 0.653. The van der Waals surface area contributed by atoms with Gasteiger partial charge >= 0.3 is 0 Å². The minimum Gasteiger partial charge on any atom is -0.369 e. The molecule has 5 heteroatoms. The van der Waals surface area contributed by atoms with Gasteiger partial charge in [-0.2, -0.15) is 0 Å². The molecule has 3 rings (SSSR count). The first-order valence-electron chi connectivity index (χ1n) is 7.73. The Labute approximate surface area is 129 Å². The number of anilines is 2. The summed E-state index contributed by atoms with van der Waals surface area (Å²) in [6.07, 6.45) is 10.0. The fraction of sp³-hybridized carbons (Fsp3) is 0.733. The van der Waals surface area contributed by atoms with E-state index in [1.807, 2.05) is 0 Å². The molecule has 110 valence electrons. The third kappa shape index (κ3) is 2.65. The Kier molecular flexibility index (Phi) is 4.15. The van der Waals surface area contributed by atoms with Crippen molar-refractivity contribution < 1.29 is 0 Å². The molecule has 20 heavy (non-hydrogen) atoms. The van der Waals surface area contributed by atoms with Gasteiger partial charge in [0.05, 0.1) is 0 Å². The Bertz CT molecular complexity index is 461. The van der Waals surface area contributed by atoms with Gasteiger partial charge in [0.1, 0.15) is 22.4 Å². The number of nitrogens with one attached hydrogen (secondary N) is 1. The summed E-state index contributed by atoms with van der Waals surface area (Å²) in [6, 6.07) is 0. The molecule has 1 aromatic heterocycles. The monoisotopic (exact) mass is 338 g/mol. The van der Waals surface area contributed by atoms with Gasteiger partial charge in [-0.1, -0.05) is 12.8 Å². The van der Waals surface area contributed by atoms with Crippen molar-refractivity contribution in [1.82, 2.24) is 9.97 Å². The van der Waals surface area contributed by atoms with Crippen molar-refractivity contribution in [2.75, 3.05) is 29.9 Å². The summed E-state index contributed by atoms with van der Waals surface area (Å²) >= 11 is 3.66. The topological polar surface area (TPSA) is 41.1 Å². The molecule has 1 saturated heterocycles. The van der Waals surface area contributed by atoms with Crippen molar-refractivity contribution in [3.8, 4) is 0 Å². The van der Waals surface area contributed by atoms with E-state index in [0.717, 1.165) is 35.7 Å². The number of halogens is 1. The fourth-order valence-electron chi connectivity index (χ4n) is 3.69. The molecular weight excluding hydrogens is 316 g/mol. The van der Waals surface area contributed by atoms with E-state index in [1.165, 1.54) is 38.5 Å². The predicted molar refractivity (Wildman–Crippen MR) is 86.2 cm³/mol. The zero-order chi connectivity index (χ0) is 14.0. The molecule has 2 aliphatic rings. The lowest BCUT2D eigenvalue weighted by Gasteiger charge is -2.40. The highest BCUT2D eigenvalue weighted by Gasteiger charge is 2.37. The van der Waals surface area contributed by atoms with Crippen molar-refractivity contribution in [2.24, 2.45) is 5.41 Å². The molecule has 0 unspecified atom stereocenters. The van der Waals surface area contributed by atoms with Crippen LogP contribution in [0, 0.1) is 5.41 Å². The lowest BCUT2D eigenvalue weighted by molar-refractivity contribution is 0.226. The maximum Gasteiger partial charge on any atom is 0.148 e. The number of piperidine rings is 1. The molecule has 4 nitrogen and oxygen atoms in total. The maximum atomic E-state index is 4.49. The molecule has 1 aliphatic carbocycles. The van der Waals surface area contributed by atoms with Gasteiger partial charge < -0.3 is 10.2 Å². The summed E-state index contributed by atoms with van der Waals surface area (Å²) < 4.78 is 1.00. The minimum absolute atomic E-state index is 0.653. The molecule has 1 aliphatic heterocycles. The van der Waals surface area contributed by atoms with Crippen molar-refractivity contribution in [1.29, 1.82) is 0 Å². The average Bonchev–Trinajstić information content (AvgIpc) is 2.91. The second kappa shape index (κ2) is 5.88. The van der Waals surface area contributed by atoms with Crippen molar-refractivity contribution >= 4 is 27.6 Å². The zero-order valence-corrected chi connectivity index (χ0v) is 13.7. The summed E-state index contributed by atoms with van der Waals surface area (Å²) in [7, 11) is 0. The van der Waals surface area contributed by atoms with Gasteiger partial charge in [-0.15, -0.1) is 0 Å². The lowest BCUT2D eigenvalue weighted by atomic mass is 9.77. The molecule has 1 saturated carbocycles.